The van der Waals surface area contributed by atoms with Crippen molar-refractivity contribution in [1.29, 1.82) is 0 Å². The van der Waals surface area contributed by atoms with Gasteiger partial charge in [-0.15, -0.1) is 11.8 Å². The van der Waals surface area contributed by atoms with Crippen molar-refractivity contribution in [3.05, 3.63) is 64.4 Å². The summed E-state index contributed by atoms with van der Waals surface area (Å²) < 4.78 is 13.5. The van der Waals surface area contributed by atoms with Crippen LogP contribution in [-0.4, -0.2) is 13.3 Å². The molecule has 2 aromatic rings. The normalized spacial score (nSPS) is 12.4. The number of hydrogen-bond donors (Lipinski definition) is 1. The lowest BCUT2D eigenvalue weighted by Gasteiger charge is -2.20. The molecular weight excluding hydrogens is 293 g/mol. The molecule has 0 aliphatic carbocycles. The van der Waals surface area contributed by atoms with Crippen molar-refractivity contribution < 1.29 is 4.39 Å². The Morgan fingerprint density at radius 2 is 1.95 bits per heavy atom. The molecule has 1 unspecified atom stereocenters. The summed E-state index contributed by atoms with van der Waals surface area (Å²) in [6, 6.07) is 13.3. The molecule has 0 fully saturated rings. The van der Waals surface area contributed by atoms with Crippen molar-refractivity contribution in [3.63, 3.8) is 0 Å². The quantitative estimate of drug-likeness (QED) is 0.803. The average molecular weight is 310 g/mol. The molecule has 2 rings (SSSR count). The first-order valence-electron chi connectivity index (χ1n) is 6.40. The number of hydrogen-bond acceptors (Lipinski definition) is 2. The summed E-state index contributed by atoms with van der Waals surface area (Å²) in [7, 11) is 1.91. The first-order chi connectivity index (χ1) is 9.67. The van der Waals surface area contributed by atoms with Crippen molar-refractivity contribution in [3.8, 4) is 0 Å². The van der Waals surface area contributed by atoms with Crippen LogP contribution in [0.1, 0.15) is 17.2 Å². The van der Waals surface area contributed by atoms with Crippen LogP contribution in [-0.2, 0) is 6.42 Å². The molecule has 0 aromatic heterocycles. The Kier molecular flexibility index (Phi) is 5.46. The number of nitrogens with one attached hydrogen (secondary N) is 1. The minimum atomic E-state index is -0.364. The molecule has 20 heavy (non-hydrogen) atoms. The topological polar surface area (TPSA) is 12.0 Å². The molecule has 1 nitrogen and oxygen atoms in total. The van der Waals surface area contributed by atoms with Gasteiger partial charge in [-0.05, 0) is 43.0 Å². The predicted molar refractivity (Wildman–Crippen MR) is 85.1 cm³/mol. The molecule has 0 saturated heterocycles. The van der Waals surface area contributed by atoms with Crippen LogP contribution in [0, 0.1) is 5.82 Å². The molecule has 0 heterocycles. The minimum Gasteiger partial charge on any atom is -0.313 e. The summed E-state index contributed by atoms with van der Waals surface area (Å²) in [6.45, 7) is 0. The number of likely N-dealkylation sites (N-methyl/N-ethyl adjacent to an activating group) is 1. The monoisotopic (exact) mass is 309 g/mol. The van der Waals surface area contributed by atoms with E-state index >= 15 is 0 Å². The third kappa shape index (κ3) is 3.35. The number of rotatable bonds is 5. The average Bonchev–Trinajstić information content (AvgIpc) is 2.49. The van der Waals surface area contributed by atoms with Gasteiger partial charge in [-0.25, -0.2) is 4.39 Å². The lowest BCUT2D eigenvalue weighted by Crippen LogP contribution is -2.19. The highest BCUT2D eigenvalue weighted by atomic mass is 35.5. The minimum absolute atomic E-state index is 0.109. The van der Waals surface area contributed by atoms with Crippen LogP contribution in [0.3, 0.4) is 0 Å². The lowest BCUT2D eigenvalue weighted by molar-refractivity contribution is 0.577. The molecule has 1 N–H and O–H groups in total. The molecule has 2 aromatic carbocycles. The Hall–Kier alpha value is -1.03. The summed E-state index contributed by atoms with van der Waals surface area (Å²) in [5.74, 6) is -0.364. The second-order valence-electron chi connectivity index (χ2n) is 4.50. The largest absolute Gasteiger partial charge is 0.313 e. The fraction of sp³-hybridized carbons (Fsp3) is 0.250. The van der Waals surface area contributed by atoms with Gasteiger partial charge in [-0.2, -0.15) is 0 Å². The molecule has 4 heteroatoms. The van der Waals surface area contributed by atoms with E-state index in [0.717, 1.165) is 5.56 Å². The Morgan fingerprint density at radius 1 is 1.20 bits per heavy atom. The molecule has 0 spiro atoms. The van der Waals surface area contributed by atoms with E-state index in [-0.39, 0.29) is 16.9 Å². The Balaban J connectivity index is 2.31. The van der Waals surface area contributed by atoms with Gasteiger partial charge in [-0.3, -0.25) is 0 Å². The Bertz CT molecular complexity index is 588. The zero-order valence-electron chi connectivity index (χ0n) is 11.5. The van der Waals surface area contributed by atoms with Crippen LogP contribution >= 0.6 is 23.4 Å². The maximum atomic E-state index is 13.5. The molecule has 0 aliphatic rings. The molecule has 0 radical (unpaired) electrons. The van der Waals surface area contributed by atoms with E-state index in [1.54, 1.807) is 17.8 Å². The van der Waals surface area contributed by atoms with Crippen molar-refractivity contribution in [2.75, 3.05) is 13.3 Å². The van der Waals surface area contributed by atoms with E-state index in [4.69, 9.17) is 11.6 Å². The van der Waals surface area contributed by atoms with Gasteiger partial charge in [0.1, 0.15) is 5.82 Å². The molecule has 1 atom stereocenters. The van der Waals surface area contributed by atoms with Crippen LogP contribution in [0.4, 0.5) is 4.39 Å². The predicted octanol–water partition coefficient (Wildman–Crippen LogP) is 4.70. The van der Waals surface area contributed by atoms with Gasteiger partial charge < -0.3 is 5.32 Å². The van der Waals surface area contributed by atoms with Crippen LogP contribution in [0.5, 0.6) is 0 Å². The van der Waals surface area contributed by atoms with Crippen molar-refractivity contribution >= 4 is 23.4 Å². The zero-order chi connectivity index (χ0) is 14.5. The SMILES string of the molecule is CNC(Cc1cccc(F)c1Cl)c1ccccc1SC. The van der Waals surface area contributed by atoms with Gasteiger partial charge >= 0.3 is 0 Å². The van der Waals surface area contributed by atoms with Gasteiger partial charge in [0.05, 0.1) is 5.02 Å². The van der Waals surface area contributed by atoms with E-state index < -0.39 is 0 Å². The van der Waals surface area contributed by atoms with E-state index in [2.05, 4.69) is 23.7 Å². The summed E-state index contributed by atoms with van der Waals surface area (Å²) in [5, 5.41) is 3.51. The summed E-state index contributed by atoms with van der Waals surface area (Å²) in [6.07, 6.45) is 2.71. The van der Waals surface area contributed by atoms with Gasteiger partial charge in [0.15, 0.2) is 0 Å². The first kappa shape index (κ1) is 15.4. The number of halogens is 2. The fourth-order valence-electron chi connectivity index (χ4n) is 2.25. The second-order valence-corrected chi connectivity index (χ2v) is 5.73. The molecule has 0 bridgehead atoms. The van der Waals surface area contributed by atoms with Crippen molar-refractivity contribution in [1.82, 2.24) is 5.32 Å². The lowest BCUT2D eigenvalue weighted by atomic mass is 9.99. The van der Waals surface area contributed by atoms with Crippen LogP contribution in [0.2, 0.25) is 5.02 Å². The third-order valence-corrected chi connectivity index (χ3v) is 4.55. The second kappa shape index (κ2) is 7.11. The van der Waals surface area contributed by atoms with Gasteiger partial charge in [0.2, 0.25) is 0 Å². The van der Waals surface area contributed by atoms with Crippen LogP contribution in [0.25, 0.3) is 0 Å². The van der Waals surface area contributed by atoms with Crippen molar-refractivity contribution in [2.24, 2.45) is 0 Å². The van der Waals surface area contributed by atoms with Crippen molar-refractivity contribution in [2.45, 2.75) is 17.4 Å². The van der Waals surface area contributed by atoms with Gasteiger partial charge in [0, 0.05) is 10.9 Å². The van der Waals surface area contributed by atoms with E-state index in [1.807, 2.05) is 25.2 Å². The first-order valence-corrected chi connectivity index (χ1v) is 8.00. The van der Waals surface area contributed by atoms with E-state index in [9.17, 15) is 4.39 Å². The van der Waals surface area contributed by atoms with Gasteiger partial charge in [-0.1, -0.05) is 41.9 Å². The molecular formula is C16H17ClFNS. The van der Waals surface area contributed by atoms with E-state index in [0.29, 0.717) is 6.42 Å². The van der Waals surface area contributed by atoms with Gasteiger partial charge in [0.25, 0.3) is 0 Å². The molecule has 0 saturated carbocycles. The molecule has 0 amide bonds. The Morgan fingerprint density at radius 3 is 2.65 bits per heavy atom. The molecule has 0 aliphatic heterocycles. The fourth-order valence-corrected chi connectivity index (χ4v) is 3.11. The van der Waals surface area contributed by atoms with Crippen LogP contribution in [0.15, 0.2) is 47.4 Å². The van der Waals surface area contributed by atoms with Crippen LogP contribution < -0.4 is 5.32 Å². The molecule has 106 valence electrons. The maximum absolute atomic E-state index is 13.5. The Labute approximate surface area is 128 Å². The highest BCUT2D eigenvalue weighted by molar-refractivity contribution is 7.98. The summed E-state index contributed by atoms with van der Waals surface area (Å²) >= 11 is 7.76. The smallest absolute Gasteiger partial charge is 0.142 e. The summed E-state index contributed by atoms with van der Waals surface area (Å²) in [4.78, 5) is 1.22. The summed E-state index contributed by atoms with van der Waals surface area (Å²) in [5.41, 5.74) is 2.03. The highest BCUT2D eigenvalue weighted by Gasteiger charge is 2.16. The highest BCUT2D eigenvalue weighted by Crippen LogP contribution is 2.30. The van der Waals surface area contributed by atoms with E-state index in [1.165, 1.54) is 16.5 Å². The number of benzene rings is 2. The maximum Gasteiger partial charge on any atom is 0.142 e. The standard InChI is InChI=1S/C16H17ClFNS/c1-19-14(12-7-3-4-9-15(12)20-2)10-11-6-5-8-13(18)16(11)17/h3-9,14,19H,10H2,1-2H3. The zero-order valence-corrected chi connectivity index (χ0v) is 13.1. The third-order valence-electron chi connectivity index (χ3n) is 3.32. The number of thioether (sulfide) groups is 1.